The number of halogens is 2. The number of anilines is 9. The Labute approximate surface area is 446 Å². The SMILES string of the molecule is C[SiH-](C)(C)c1ccc(N(c2ccc(F)cc2)c2cc3c(c4ccccc24)-c2c(cc(N(c4ccc(F)cc4)c4ccc([SiH-](C)(C)C)cc4)c4ccccc24)C32c3ccccc3N(c3ccccc3)c3ccccc32)cc1. The summed E-state index contributed by atoms with van der Waals surface area (Å²) in [5.74, 6) is -0.564. The van der Waals surface area contributed by atoms with E-state index in [1.165, 1.54) is 21.5 Å². The molecule has 11 aromatic carbocycles. The molecule has 13 rings (SSSR count). The fraction of sp³-hybridized carbons (Fsp3) is 0.101. The van der Waals surface area contributed by atoms with Crippen LogP contribution in [-0.4, -0.2) is 16.1 Å². The van der Waals surface area contributed by atoms with Crippen LogP contribution in [0.15, 0.2) is 237 Å². The third-order valence-corrected chi connectivity index (χ3v) is 20.9. The van der Waals surface area contributed by atoms with E-state index in [0.717, 1.165) is 95.0 Å². The molecule has 11 aromatic rings. The average molecular weight is 1020 g/mol. The monoisotopic (exact) mass is 1020 g/mol. The Morgan fingerprint density at radius 2 is 0.671 bits per heavy atom. The third-order valence-electron chi connectivity index (χ3n) is 16.2. The van der Waals surface area contributed by atoms with Gasteiger partial charge in [-0.1, -0.05) is 30.3 Å². The molecule has 0 saturated carbocycles. The van der Waals surface area contributed by atoms with Crippen molar-refractivity contribution < 1.29 is 8.78 Å². The molecule has 76 heavy (non-hydrogen) atoms. The summed E-state index contributed by atoms with van der Waals surface area (Å²) in [4.78, 5) is 7.09. The maximum absolute atomic E-state index is 15.1. The molecule has 2 aliphatic rings. The summed E-state index contributed by atoms with van der Waals surface area (Å²) in [5, 5.41) is 7.20. The zero-order chi connectivity index (χ0) is 52.1. The Morgan fingerprint density at radius 3 is 1.05 bits per heavy atom. The van der Waals surface area contributed by atoms with Crippen LogP contribution in [0, 0.1) is 11.6 Å². The van der Waals surface area contributed by atoms with Gasteiger partial charge in [0, 0.05) is 5.69 Å². The van der Waals surface area contributed by atoms with Crippen molar-refractivity contribution in [2.24, 2.45) is 0 Å². The van der Waals surface area contributed by atoms with Gasteiger partial charge >= 0.3 is 401 Å². The van der Waals surface area contributed by atoms with Gasteiger partial charge in [-0.3, -0.25) is 0 Å². The van der Waals surface area contributed by atoms with Gasteiger partial charge in [0.1, 0.15) is 0 Å². The molecule has 0 saturated heterocycles. The number of nitrogens with zero attached hydrogens (tertiary/aromatic N) is 3. The van der Waals surface area contributed by atoms with Crippen molar-refractivity contribution in [3.8, 4) is 11.1 Å². The Balaban J connectivity index is 1.20. The molecule has 0 fully saturated rings. The van der Waals surface area contributed by atoms with Crippen molar-refractivity contribution in [2.45, 2.75) is 44.7 Å². The second kappa shape index (κ2) is 17.9. The minimum atomic E-state index is -1.98. The Kier molecular flexibility index (Phi) is 11.2. The van der Waals surface area contributed by atoms with Crippen molar-refractivity contribution in [2.75, 3.05) is 14.7 Å². The van der Waals surface area contributed by atoms with E-state index in [2.05, 4.69) is 242 Å². The number of para-hydroxylation sites is 3. The quantitative estimate of drug-likeness (QED) is 0.133. The zero-order valence-corrected chi connectivity index (χ0v) is 46.1. The summed E-state index contributed by atoms with van der Waals surface area (Å²) in [6, 6.07) is 83.3. The molecule has 0 atom stereocenters. The van der Waals surface area contributed by atoms with E-state index in [-0.39, 0.29) is 11.6 Å². The third kappa shape index (κ3) is 7.47. The molecule has 3 nitrogen and oxygen atoms in total. The maximum atomic E-state index is 15.1. The zero-order valence-electron chi connectivity index (χ0n) is 43.8. The van der Waals surface area contributed by atoms with Gasteiger partial charge in [0.05, 0.1) is 0 Å². The van der Waals surface area contributed by atoms with Crippen LogP contribution in [0.2, 0.25) is 39.3 Å². The Bertz CT molecular complexity index is 3790. The van der Waals surface area contributed by atoms with Gasteiger partial charge in [0.25, 0.3) is 0 Å². The van der Waals surface area contributed by atoms with Gasteiger partial charge in [-0.05, 0) is 12.1 Å². The van der Waals surface area contributed by atoms with Crippen molar-refractivity contribution >= 4 is 99.3 Å². The topological polar surface area (TPSA) is 9.72 Å². The molecule has 374 valence electrons. The van der Waals surface area contributed by atoms with E-state index >= 15 is 8.78 Å². The Morgan fingerprint density at radius 1 is 0.342 bits per heavy atom. The van der Waals surface area contributed by atoms with E-state index in [1.807, 2.05) is 24.3 Å². The Hall–Kier alpha value is -8.37. The molecule has 0 unspecified atom stereocenters. The van der Waals surface area contributed by atoms with Crippen LogP contribution in [-0.2, 0) is 5.41 Å². The number of benzene rings is 11. The van der Waals surface area contributed by atoms with Crippen LogP contribution in [0.3, 0.4) is 0 Å². The molecule has 0 radical (unpaired) electrons. The number of hydrogen-bond donors (Lipinski definition) is 0. The molecular formula is C69H59F2N3Si2-2. The summed E-state index contributed by atoms with van der Waals surface area (Å²) in [6.07, 6.45) is 0. The predicted octanol–water partition coefficient (Wildman–Crippen LogP) is 17.9. The first-order valence-electron chi connectivity index (χ1n) is 26.8. The summed E-state index contributed by atoms with van der Waals surface area (Å²) >= 11 is 0. The fourth-order valence-corrected chi connectivity index (χ4v) is 15.2. The van der Waals surface area contributed by atoms with Gasteiger partial charge in [-0.2, -0.15) is 0 Å². The second-order valence-corrected chi connectivity index (χ2v) is 34.9. The predicted molar refractivity (Wildman–Crippen MR) is 325 cm³/mol. The minimum absolute atomic E-state index is 0.282. The molecule has 0 N–H and O–H groups in total. The van der Waals surface area contributed by atoms with Gasteiger partial charge in [0.15, 0.2) is 0 Å². The first-order chi connectivity index (χ1) is 36.8. The number of hydrogen-bond acceptors (Lipinski definition) is 3. The molecule has 1 heterocycles. The van der Waals surface area contributed by atoms with Crippen molar-refractivity contribution in [1.82, 2.24) is 0 Å². The van der Waals surface area contributed by atoms with Crippen LogP contribution >= 0.6 is 0 Å². The number of rotatable bonds is 9. The molecule has 1 aliphatic heterocycles. The van der Waals surface area contributed by atoms with E-state index in [1.54, 1.807) is 24.3 Å². The van der Waals surface area contributed by atoms with Gasteiger partial charge in [0.2, 0.25) is 0 Å². The molecule has 0 amide bonds. The van der Waals surface area contributed by atoms with Gasteiger partial charge < -0.3 is 0 Å². The van der Waals surface area contributed by atoms with Crippen LogP contribution in [0.25, 0.3) is 32.7 Å². The normalized spacial score (nSPS) is 13.8. The van der Waals surface area contributed by atoms with Crippen molar-refractivity contribution in [3.63, 3.8) is 0 Å². The molecule has 0 aromatic heterocycles. The standard InChI is InChI=1S/C69H59F2N3Si2/c1-75(2,3)53-40-36-51(37-41-53)72(49-32-28-46(70)29-33-49)65-44-61-67(57-22-12-10-20-55(57)65)68-58-23-13-11-21-56(58)66(73(50-34-30-47(71)31-35-50)52-38-42-54(43-39-52)76(4,5)6)45-62(68)69(61)59-24-14-16-26-63(59)74(48-18-8-7-9-19-48)64-27-17-15-25-60(64)69/h7-45,75-76H,1-6H3/q-2. The van der Waals surface area contributed by atoms with E-state index in [4.69, 9.17) is 0 Å². The van der Waals surface area contributed by atoms with Crippen molar-refractivity contribution in [3.05, 3.63) is 270 Å². The first-order valence-corrected chi connectivity index (χ1v) is 34.9. The molecule has 1 spiro atoms. The van der Waals surface area contributed by atoms with Crippen LogP contribution in [0.1, 0.15) is 22.3 Å². The van der Waals surface area contributed by atoms with E-state index in [0.29, 0.717) is 0 Å². The molecular weight excluding hydrogens is 965 g/mol. The van der Waals surface area contributed by atoms with E-state index < -0.39 is 21.6 Å². The number of fused-ring (bicyclic) bond motifs is 13. The fourth-order valence-electron chi connectivity index (χ4n) is 12.5. The summed E-state index contributed by atoms with van der Waals surface area (Å²) < 4.78 is 30.2. The molecule has 1 aliphatic carbocycles. The molecule has 7 heteroatoms. The van der Waals surface area contributed by atoms with Crippen LogP contribution in [0.4, 0.5) is 60.0 Å². The summed E-state index contributed by atoms with van der Waals surface area (Å²) in [6.45, 7) is 14.4. The molecule has 0 bridgehead atoms. The van der Waals surface area contributed by atoms with E-state index in [9.17, 15) is 0 Å². The van der Waals surface area contributed by atoms with Crippen molar-refractivity contribution in [1.29, 1.82) is 0 Å². The van der Waals surface area contributed by atoms with Gasteiger partial charge in [-0.15, -0.1) is 0 Å². The summed E-state index contributed by atoms with van der Waals surface area (Å²) in [5.41, 5.74) is 15.1. The van der Waals surface area contributed by atoms with Crippen LogP contribution < -0.4 is 25.1 Å². The van der Waals surface area contributed by atoms with Crippen LogP contribution in [0.5, 0.6) is 0 Å². The first kappa shape index (κ1) is 47.4. The second-order valence-electron chi connectivity index (χ2n) is 23.2. The average Bonchev–Trinajstić information content (AvgIpc) is 3.97. The van der Waals surface area contributed by atoms with Gasteiger partial charge in [-0.25, -0.2) is 0 Å². The summed E-state index contributed by atoms with van der Waals surface area (Å²) in [7, 11) is -3.96.